The fourth-order valence-electron chi connectivity index (χ4n) is 2.41. The Hall–Kier alpha value is -3.20. The summed E-state index contributed by atoms with van der Waals surface area (Å²) in [5.41, 5.74) is 1.90. The van der Waals surface area contributed by atoms with Gasteiger partial charge in [-0.05, 0) is 36.4 Å². The van der Waals surface area contributed by atoms with Gasteiger partial charge in [-0.1, -0.05) is 33.2 Å². The fourth-order valence-corrected chi connectivity index (χ4v) is 2.67. The van der Waals surface area contributed by atoms with Crippen LogP contribution in [0.2, 0.25) is 0 Å². The second-order valence-electron chi connectivity index (χ2n) is 5.87. The van der Waals surface area contributed by atoms with E-state index in [2.05, 4.69) is 42.0 Å². The largest absolute Gasteiger partial charge is 0.339 e. The Balaban J connectivity index is 1.50. The Kier molecular flexibility index (Phi) is 6.38. The lowest BCUT2D eigenvalue weighted by Crippen LogP contribution is -2.31. The number of rotatable bonds is 6. The lowest BCUT2D eigenvalue weighted by molar-refractivity contribution is -0.116. The first kappa shape index (κ1) is 19.6. The molecule has 3 amide bonds. The van der Waals surface area contributed by atoms with E-state index in [0.29, 0.717) is 28.7 Å². The molecule has 1 aromatic heterocycles. The van der Waals surface area contributed by atoms with Crippen LogP contribution in [0.25, 0.3) is 11.4 Å². The molecule has 3 aromatic rings. The van der Waals surface area contributed by atoms with E-state index in [-0.39, 0.29) is 24.9 Å². The zero-order chi connectivity index (χ0) is 19.9. The number of halogens is 1. The molecule has 9 heteroatoms. The van der Waals surface area contributed by atoms with Crippen molar-refractivity contribution >= 4 is 39.2 Å². The molecule has 3 rings (SSSR count). The number of urea groups is 1. The average molecular weight is 444 g/mol. The number of nitrogens with one attached hydrogen (secondary N) is 3. The Morgan fingerprint density at radius 1 is 1.07 bits per heavy atom. The van der Waals surface area contributed by atoms with Crippen LogP contribution in [0, 0.1) is 6.92 Å². The molecule has 0 unspecified atom stereocenters. The van der Waals surface area contributed by atoms with Crippen molar-refractivity contribution in [2.24, 2.45) is 0 Å². The van der Waals surface area contributed by atoms with Gasteiger partial charge in [-0.2, -0.15) is 4.98 Å². The number of nitrogens with zero attached hydrogens (tertiary/aromatic N) is 2. The molecule has 0 saturated carbocycles. The van der Waals surface area contributed by atoms with Crippen LogP contribution in [0.3, 0.4) is 0 Å². The third-order valence-electron chi connectivity index (χ3n) is 3.71. The summed E-state index contributed by atoms with van der Waals surface area (Å²) in [4.78, 5) is 28.3. The molecule has 2 aromatic carbocycles. The highest BCUT2D eigenvalue weighted by atomic mass is 79.9. The third kappa shape index (κ3) is 5.40. The van der Waals surface area contributed by atoms with Gasteiger partial charge in [-0.15, -0.1) is 0 Å². The van der Waals surface area contributed by atoms with Gasteiger partial charge in [0, 0.05) is 35.6 Å². The summed E-state index contributed by atoms with van der Waals surface area (Å²) in [5.74, 6) is 0.606. The maximum absolute atomic E-state index is 12.2. The predicted octanol–water partition coefficient (Wildman–Crippen LogP) is 3.96. The van der Waals surface area contributed by atoms with Gasteiger partial charge in [0.1, 0.15) is 0 Å². The molecule has 8 nitrogen and oxygen atoms in total. The second kappa shape index (κ2) is 9.14. The summed E-state index contributed by atoms with van der Waals surface area (Å²) in [6.45, 7) is 1.89. The van der Waals surface area contributed by atoms with E-state index in [4.69, 9.17) is 4.52 Å². The minimum absolute atomic E-state index is 0.118. The van der Waals surface area contributed by atoms with Crippen LogP contribution >= 0.6 is 15.9 Å². The minimum atomic E-state index is -0.377. The number of carbonyl (C=O) groups excluding carboxylic acids is 2. The number of hydrogen-bond donors (Lipinski definition) is 3. The van der Waals surface area contributed by atoms with Crippen molar-refractivity contribution in [3.05, 3.63) is 58.9 Å². The van der Waals surface area contributed by atoms with Crippen molar-refractivity contribution in [1.29, 1.82) is 0 Å². The number of anilines is 2. The molecule has 0 radical (unpaired) electrons. The first-order valence-electron chi connectivity index (χ1n) is 8.51. The van der Waals surface area contributed by atoms with Crippen LogP contribution in [0.5, 0.6) is 0 Å². The minimum Gasteiger partial charge on any atom is -0.339 e. The van der Waals surface area contributed by atoms with Crippen molar-refractivity contribution in [3.63, 3.8) is 0 Å². The topological polar surface area (TPSA) is 109 Å². The highest BCUT2D eigenvalue weighted by Gasteiger charge is 2.13. The van der Waals surface area contributed by atoms with Gasteiger partial charge in [0.2, 0.25) is 17.6 Å². The van der Waals surface area contributed by atoms with E-state index in [9.17, 15) is 9.59 Å². The summed E-state index contributed by atoms with van der Waals surface area (Å²) >= 11 is 3.33. The molecule has 0 bridgehead atoms. The summed E-state index contributed by atoms with van der Waals surface area (Å²) in [6.07, 6.45) is 0.118. The molecule has 3 N–H and O–H groups in total. The zero-order valence-electron chi connectivity index (χ0n) is 15.0. The molecular formula is C19H18BrN5O3. The summed E-state index contributed by atoms with van der Waals surface area (Å²) < 4.78 is 5.92. The quantitative estimate of drug-likeness (QED) is 0.533. The average Bonchev–Trinajstić information content (AvgIpc) is 3.10. The van der Waals surface area contributed by atoms with Crippen molar-refractivity contribution in [1.82, 2.24) is 15.5 Å². The van der Waals surface area contributed by atoms with Crippen molar-refractivity contribution in [3.8, 4) is 11.4 Å². The lowest BCUT2D eigenvalue weighted by Gasteiger charge is -2.10. The van der Waals surface area contributed by atoms with Crippen LogP contribution in [-0.4, -0.2) is 28.6 Å². The second-order valence-corrected chi connectivity index (χ2v) is 6.78. The Morgan fingerprint density at radius 2 is 1.82 bits per heavy atom. The number of amides is 3. The molecule has 28 heavy (non-hydrogen) atoms. The summed E-state index contributed by atoms with van der Waals surface area (Å²) in [7, 11) is 0. The number of aromatic nitrogens is 2. The smallest absolute Gasteiger partial charge is 0.319 e. The Morgan fingerprint density at radius 3 is 2.54 bits per heavy atom. The van der Waals surface area contributed by atoms with E-state index in [1.54, 1.807) is 37.3 Å². The van der Waals surface area contributed by atoms with E-state index in [1.807, 2.05) is 18.2 Å². The Labute approximate surface area is 169 Å². The molecule has 0 aliphatic heterocycles. The van der Waals surface area contributed by atoms with Gasteiger partial charge in [-0.25, -0.2) is 4.79 Å². The van der Waals surface area contributed by atoms with Gasteiger partial charge in [-0.3, -0.25) is 4.79 Å². The highest BCUT2D eigenvalue weighted by molar-refractivity contribution is 9.10. The molecule has 0 spiro atoms. The third-order valence-corrected chi connectivity index (χ3v) is 4.24. The first-order valence-corrected chi connectivity index (χ1v) is 9.30. The monoisotopic (exact) mass is 443 g/mol. The molecule has 0 aliphatic carbocycles. The normalized spacial score (nSPS) is 10.4. The fraction of sp³-hybridized carbons (Fsp3) is 0.158. The number of hydrogen-bond acceptors (Lipinski definition) is 5. The van der Waals surface area contributed by atoms with Crippen molar-refractivity contribution in [2.75, 3.05) is 17.2 Å². The molecule has 0 saturated heterocycles. The lowest BCUT2D eigenvalue weighted by atomic mass is 10.1. The predicted molar refractivity (Wildman–Crippen MR) is 109 cm³/mol. The van der Waals surface area contributed by atoms with Gasteiger partial charge in [0.05, 0.1) is 5.69 Å². The maximum atomic E-state index is 12.2. The van der Waals surface area contributed by atoms with Crippen LogP contribution in [0.15, 0.2) is 57.5 Å². The van der Waals surface area contributed by atoms with Crippen LogP contribution in [0.1, 0.15) is 12.3 Å². The van der Waals surface area contributed by atoms with Gasteiger partial charge < -0.3 is 20.5 Å². The van der Waals surface area contributed by atoms with Crippen molar-refractivity contribution < 1.29 is 14.1 Å². The zero-order valence-corrected chi connectivity index (χ0v) is 16.6. The van der Waals surface area contributed by atoms with Gasteiger partial charge >= 0.3 is 6.03 Å². The molecule has 0 fully saturated rings. The summed E-state index contributed by atoms with van der Waals surface area (Å²) in [5, 5.41) is 12.0. The van der Waals surface area contributed by atoms with Crippen LogP contribution in [-0.2, 0) is 4.79 Å². The Bertz CT molecular complexity index is 972. The van der Waals surface area contributed by atoms with E-state index in [1.165, 1.54) is 0 Å². The van der Waals surface area contributed by atoms with Crippen molar-refractivity contribution in [2.45, 2.75) is 13.3 Å². The SMILES string of the molecule is Cc1nc(-c2ccccc2NC(=O)CCNC(=O)Nc2ccc(Br)cc2)no1. The van der Waals surface area contributed by atoms with E-state index >= 15 is 0 Å². The highest BCUT2D eigenvalue weighted by Crippen LogP contribution is 2.25. The van der Waals surface area contributed by atoms with Crippen LogP contribution < -0.4 is 16.0 Å². The number of carbonyl (C=O) groups is 2. The van der Waals surface area contributed by atoms with Gasteiger partial charge in [0.25, 0.3) is 0 Å². The molecule has 144 valence electrons. The van der Waals surface area contributed by atoms with Gasteiger partial charge in [0.15, 0.2) is 0 Å². The number of benzene rings is 2. The maximum Gasteiger partial charge on any atom is 0.319 e. The van der Waals surface area contributed by atoms with E-state index in [0.717, 1.165) is 4.47 Å². The van der Waals surface area contributed by atoms with E-state index < -0.39 is 0 Å². The first-order chi connectivity index (χ1) is 13.5. The van der Waals surface area contributed by atoms with Crippen LogP contribution in [0.4, 0.5) is 16.2 Å². The molecule has 0 atom stereocenters. The number of aryl methyl sites for hydroxylation is 1. The molecule has 1 heterocycles. The molecule has 0 aliphatic rings. The molecular weight excluding hydrogens is 426 g/mol. The number of para-hydroxylation sites is 1. The summed E-state index contributed by atoms with van der Waals surface area (Å²) in [6, 6.07) is 14.0. The standard InChI is InChI=1S/C19H18BrN5O3/c1-12-22-18(25-28-12)15-4-2-3-5-16(15)24-17(26)10-11-21-19(27)23-14-8-6-13(20)7-9-14/h2-9H,10-11H2,1H3,(H,24,26)(H2,21,23,27).